The van der Waals surface area contributed by atoms with E-state index in [4.69, 9.17) is 0 Å². The Labute approximate surface area is 134 Å². The summed E-state index contributed by atoms with van der Waals surface area (Å²) in [5, 5.41) is 5.55. The Bertz CT molecular complexity index is 651. The summed E-state index contributed by atoms with van der Waals surface area (Å²) < 4.78 is 0. The van der Waals surface area contributed by atoms with Gasteiger partial charge in [-0.3, -0.25) is 9.59 Å². The number of carbonyl (C=O) groups excluding carboxylic acids is 2. The molecule has 0 bridgehead atoms. The summed E-state index contributed by atoms with van der Waals surface area (Å²) in [7, 11) is 0. The Morgan fingerprint density at radius 3 is 2.00 bits per heavy atom. The second-order valence-electron chi connectivity index (χ2n) is 4.62. The lowest BCUT2D eigenvalue weighted by Crippen LogP contribution is -2.22. The monoisotopic (exact) mass is 314 g/mol. The van der Waals surface area contributed by atoms with Crippen LogP contribution in [0.2, 0.25) is 0 Å². The van der Waals surface area contributed by atoms with Crippen molar-refractivity contribution in [2.45, 2.75) is 11.8 Å². The van der Waals surface area contributed by atoms with Gasteiger partial charge in [0.25, 0.3) is 11.8 Å². The third kappa shape index (κ3) is 4.11. The minimum atomic E-state index is -0.168. The zero-order valence-corrected chi connectivity index (χ0v) is 13.4. The zero-order chi connectivity index (χ0) is 15.9. The number of carbonyl (C=O) groups is 2. The lowest BCUT2D eigenvalue weighted by Gasteiger charge is -2.07. The minimum absolute atomic E-state index is 0.118. The summed E-state index contributed by atoms with van der Waals surface area (Å²) in [6, 6.07) is 14.2. The molecule has 2 rings (SSSR count). The first kappa shape index (κ1) is 16.1. The molecule has 2 aromatic carbocycles. The molecule has 4 nitrogen and oxygen atoms in total. The molecule has 0 saturated heterocycles. The van der Waals surface area contributed by atoms with E-state index in [0.717, 1.165) is 4.90 Å². The van der Waals surface area contributed by atoms with Crippen molar-refractivity contribution in [3.05, 3.63) is 59.7 Å². The second kappa shape index (κ2) is 7.66. The van der Waals surface area contributed by atoms with Gasteiger partial charge in [0.15, 0.2) is 0 Å². The van der Waals surface area contributed by atoms with Crippen LogP contribution in [0.3, 0.4) is 0 Å². The van der Waals surface area contributed by atoms with E-state index in [2.05, 4.69) is 10.6 Å². The van der Waals surface area contributed by atoms with E-state index in [1.54, 1.807) is 48.2 Å². The standard InChI is InChI=1S/C17H18N2O2S/c1-3-18-16(20)12-4-8-14(9-5-12)19-17(21)13-6-10-15(22-2)11-7-13/h4-11H,3H2,1-2H3,(H,18,20)(H,19,21). The molecule has 0 aliphatic heterocycles. The Kier molecular flexibility index (Phi) is 5.61. The Hall–Kier alpha value is -2.27. The van der Waals surface area contributed by atoms with Gasteiger partial charge < -0.3 is 10.6 Å². The molecule has 0 saturated carbocycles. The summed E-state index contributed by atoms with van der Waals surface area (Å²) in [5.74, 6) is -0.286. The van der Waals surface area contributed by atoms with E-state index in [9.17, 15) is 9.59 Å². The first-order chi connectivity index (χ1) is 10.6. The van der Waals surface area contributed by atoms with Crippen LogP contribution in [0, 0.1) is 0 Å². The van der Waals surface area contributed by atoms with Crippen molar-refractivity contribution < 1.29 is 9.59 Å². The van der Waals surface area contributed by atoms with E-state index in [-0.39, 0.29) is 11.8 Å². The highest BCUT2D eigenvalue weighted by Gasteiger charge is 2.07. The number of benzene rings is 2. The van der Waals surface area contributed by atoms with Gasteiger partial charge >= 0.3 is 0 Å². The zero-order valence-electron chi connectivity index (χ0n) is 12.6. The van der Waals surface area contributed by atoms with Gasteiger partial charge in [0.1, 0.15) is 0 Å². The molecular formula is C17H18N2O2S. The topological polar surface area (TPSA) is 58.2 Å². The average molecular weight is 314 g/mol. The maximum atomic E-state index is 12.1. The van der Waals surface area contributed by atoms with E-state index in [1.807, 2.05) is 25.3 Å². The summed E-state index contributed by atoms with van der Waals surface area (Å²) in [5.41, 5.74) is 1.83. The normalized spacial score (nSPS) is 10.1. The van der Waals surface area contributed by atoms with Crippen LogP contribution < -0.4 is 10.6 Å². The van der Waals surface area contributed by atoms with Crippen LogP contribution in [-0.2, 0) is 0 Å². The Morgan fingerprint density at radius 2 is 1.45 bits per heavy atom. The molecule has 0 heterocycles. The third-order valence-electron chi connectivity index (χ3n) is 3.09. The van der Waals surface area contributed by atoms with Gasteiger partial charge in [0.05, 0.1) is 0 Å². The molecule has 0 fully saturated rings. The predicted molar refractivity (Wildman–Crippen MR) is 90.6 cm³/mol. The fourth-order valence-corrected chi connectivity index (χ4v) is 2.32. The van der Waals surface area contributed by atoms with Crippen LogP contribution in [-0.4, -0.2) is 24.6 Å². The molecule has 2 amide bonds. The van der Waals surface area contributed by atoms with Gasteiger partial charge in [-0.25, -0.2) is 0 Å². The van der Waals surface area contributed by atoms with Crippen molar-refractivity contribution >= 4 is 29.3 Å². The third-order valence-corrected chi connectivity index (χ3v) is 3.84. The van der Waals surface area contributed by atoms with Crippen LogP contribution in [0.5, 0.6) is 0 Å². The highest BCUT2D eigenvalue weighted by molar-refractivity contribution is 7.98. The van der Waals surface area contributed by atoms with Gasteiger partial charge in [0.2, 0.25) is 0 Å². The molecule has 0 aliphatic rings. The predicted octanol–water partition coefficient (Wildman–Crippen LogP) is 3.41. The lowest BCUT2D eigenvalue weighted by molar-refractivity contribution is 0.0955. The van der Waals surface area contributed by atoms with E-state index >= 15 is 0 Å². The molecule has 0 spiro atoms. The Balaban J connectivity index is 2.03. The van der Waals surface area contributed by atoms with E-state index in [0.29, 0.717) is 23.4 Å². The largest absolute Gasteiger partial charge is 0.352 e. The molecule has 5 heteroatoms. The number of thioether (sulfide) groups is 1. The SMILES string of the molecule is CCNC(=O)c1ccc(NC(=O)c2ccc(SC)cc2)cc1. The second-order valence-corrected chi connectivity index (χ2v) is 5.50. The molecule has 114 valence electrons. The lowest BCUT2D eigenvalue weighted by atomic mass is 10.1. The van der Waals surface area contributed by atoms with Gasteiger partial charge in [0, 0.05) is 28.3 Å². The highest BCUT2D eigenvalue weighted by Crippen LogP contribution is 2.16. The summed E-state index contributed by atoms with van der Waals surface area (Å²) in [6.07, 6.45) is 1.99. The maximum absolute atomic E-state index is 12.1. The summed E-state index contributed by atoms with van der Waals surface area (Å²) in [6.45, 7) is 2.46. The van der Waals surface area contributed by atoms with Crippen molar-refractivity contribution in [3.8, 4) is 0 Å². The molecular weight excluding hydrogens is 296 g/mol. The van der Waals surface area contributed by atoms with Crippen LogP contribution in [0.1, 0.15) is 27.6 Å². The molecule has 0 aliphatic carbocycles. The summed E-state index contributed by atoms with van der Waals surface area (Å²) >= 11 is 1.63. The minimum Gasteiger partial charge on any atom is -0.352 e. The number of amides is 2. The number of hydrogen-bond acceptors (Lipinski definition) is 3. The molecule has 22 heavy (non-hydrogen) atoms. The summed E-state index contributed by atoms with van der Waals surface area (Å²) in [4.78, 5) is 24.9. The first-order valence-corrected chi connectivity index (χ1v) is 8.20. The Morgan fingerprint density at radius 1 is 0.909 bits per heavy atom. The maximum Gasteiger partial charge on any atom is 0.255 e. The van der Waals surface area contributed by atoms with E-state index < -0.39 is 0 Å². The molecule has 0 radical (unpaired) electrons. The van der Waals surface area contributed by atoms with Crippen LogP contribution >= 0.6 is 11.8 Å². The number of nitrogens with one attached hydrogen (secondary N) is 2. The molecule has 0 unspecified atom stereocenters. The van der Waals surface area contributed by atoms with Crippen molar-refractivity contribution in [1.29, 1.82) is 0 Å². The fraction of sp³-hybridized carbons (Fsp3) is 0.176. The van der Waals surface area contributed by atoms with Crippen LogP contribution in [0.4, 0.5) is 5.69 Å². The molecule has 0 atom stereocenters. The molecule has 2 aromatic rings. The van der Waals surface area contributed by atoms with E-state index in [1.165, 1.54) is 0 Å². The van der Waals surface area contributed by atoms with Crippen molar-refractivity contribution in [2.24, 2.45) is 0 Å². The van der Waals surface area contributed by atoms with Crippen molar-refractivity contribution in [1.82, 2.24) is 5.32 Å². The van der Waals surface area contributed by atoms with Crippen molar-refractivity contribution in [2.75, 3.05) is 18.1 Å². The van der Waals surface area contributed by atoms with Crippen LogP contribution in [0.25, 0.3) is 0 Å². The van der Waals surface area contributed by atoms with Gasteiger partial charge in [-0.15, -0.1) is 11.8 Å². The molecule has 0 aromatic heterocycles. The average Bonchev–Trinajstić information content (AvgIpc) is 2.55. The highest BCUT2D eigenvalue weighted by atomic mass is 32.2. The quantitative estimate of drug-likeness (QED) is 0.832. The number of hydrogen-bond donors (Lipinski definition) is 2. The number of rotatable bonds is 5. The number of anilines is 1. The molecule has 2 N–H and O–H groups in total. The van der Waals surface area contributed by atoms with Gasteiger partial charge in [-0.05, 0) is 61.7 Å². The van der Waals surface area contributed by atoms with Crippen LogP contribution in [0.15, 0.2) is 53.4 Å². The first-order valence-electron chi connectivity index (χ1n) is 6.97. The fourth-order valence-electron chi connectivity index (χ4n) is 1.91. The van der Waals surface area contributed by atoms with Gasteiger partial charge in [-0.2, -0.15) is 0 Å². The van der Waals surface area contributed by atoms with Crippen molar-refractivity contribution in [3.63, 3.8) is 0 Å². The van der Waals surface area contributed by atoms with Gasteiger partial charge in [-0.1, -0.05) is 0 Å². The smallest absolute Gasteiger partial charge is 0.255 e.